The van der Waals surface area contributed by atoms with E-state index in [1.54, 1.807) is 23.9 Å². The van der Waals surface area contributed by atoms with Gasteiger partial charge in [0.2, 0.25) is 11.8 Å². The molecule has 1 unspecified atom stereocenters. The number of carbonyl (C=O) groups is 2. The second kappa shape index (κ2) is 9.41. The predicted molar refractivity (Wildman–Crippen MR) is 114 cm³/mol. The van der Waals surface area contributed by atoms with Crippen LogP contribution in [0.1, 0.15) is 24.0 Å². The van der Waals surface area contributed by atoms with Gasteiger partial charge >= 0.3 is 6.18 Å². The van der Waals surface area contributed by atoms with E-state index in [0.717, 1.165) is 17.7 Å². The molecule has 1 fully saturated rings. The molecule has 1 heterocycles. The van der Waals surface area contributed by atoms with E-state index < -0.39 is 17.7 Å². The van der Waals surface area contributed by atoms with Crippen LogP contribution in [0.4, 0.5) is 24.5 Å². The second-order valence-electron chi connectivity index (χ2n) is 7.95. The fraction of sp³-hybridized carbons (Fsp3) is 0.391. The molecule has 0 radical (unpaired) electrons. The summed E-state index contributed by atoms with van der Waals surface area (Å²) in [4.78, 5) is 28.8. The van der Waals surface area contributed by atoms with Crippen molar-refractivity contribution in [3.05, 3.63) is 59.7 Å². The van der Waals surface area contributed by atoms with Crippen LogP contribution in [-0.4, -0.2) is 43.9 Å². The van der Waals surface area contributed by atoms with Crippen LogP contribution in [0.5, 0.6) is 0 Å². The standard InChI is InChI=1S/C23H26F3N3O2/c1-28(2)20-11-10-18(23(24,25)26)14-19(20)27-22(31)17-9-6-12-29(15-17)21(30)13-16-7-4-3-5-8-16/h3-5,7-8,10-11,14,17H,6,9,12-13,15H2,1-2H3,(H,27,31). The Balaban J connectivity index is 1.70. The average molecular weight is 433 g/mol. The number of nitrogens with zero attached hydrogens (tertiary/aromatic N) is 2. The first kappa shape index (κ1) is 22.7. The summed E-state index contributed by atoms with van der Waals surface area (Å²) in [5.41, 5.74) is 0.669. The number of hydrogen-bond acceptors (Lipinski definition) is 3. The first-order chi connectivity index (χ1) is 14.6. The van der Waals surface area contributed by atoms with Crippen LogP contribution in [-0.2, 0) is 22.2 Å². The molecule has 5 nitrogen and oxygen atoms in total. The molecule has 0 aliphatic carbocycles. The number of alkyl halides is 3. The van der Waals surface area contributed by atoms with Crippen molar-refractivity contribution in [3.8, 4) is 0 Å². The van der Waals surface area contributed by atoms with Gasteiger partial charge in [-0.2, -0.15) is 13.2 Å². The van der Waals surface area contributed by atoms with Crippen molar-refractivity contribution >= 4 is 23.2 Å². The van der Waals surface area contributed by atoms with Gasteiger partial charge in [0.25, 0.3) is 0 Å². The zero-order valence-corrected chi connectivity index (χ0v) is 17.6. The lowest BCUT2D eigenvalue weighted by atomic mass is 9.96. The second-order valence-corrected chi connectivity index (χ2v) is 7.95. The summed E-state index contributed by atoms with van der Waals surface area (Å²) >= 11 is 0. The van der Waals surface area contributed by atoms with E-state index in [9.17, 15) is 22.8 Å². The molecule has 1 aliphatic rings. The zero-order valence-electron chi connectivity index (χ0n) is 17.6. The molecule has 166 valence electrons. The third-order valence-electron chi connectivity index (χ3n) is 5.41. The minimum absolute atomic E-state index is 0.0586. The Kier molecular flexibility index (Phi) is 6.87. The number of carbonyl (C=O) groups excluding carboxylic acids is 2. The van der Waals surface area contributed by atoms with Gasteiger partial charge in [-0.1, -0.05) is 30.3 Å². The molecule has 0 saturated carbocycles. The van der Waals surface area contributed by atoms with Crippen LogP contribution in [0, 0.1) is 5.92 Å². The lowest BCUT2D eigenvalue weighted by Crippen LogP contribution is -2.44. The predicted octanol–water partition coefficient (Wildman–Crippen LogP) is 4.19. The largest absolute Gasteiger partial charge is 0.416 e. The molecule has 0 aromatic heterocycles. The number of nitrogens with one attached hydrogen (secondary N) is 1. The molecule has 0 bridgehead atoms. The number of amides is 2. The molecular weight excluding hydrogens is 407 g/mol. The Morgan fingerprint density at radius 2 is 1.84 bits per heavy atom. The molecule has 1 N–H and O–H groups in total. The van der Waals surface area contributed by atoms with E-state index in [-0.39, 0.29) is 30.5 Å². The molecule has 2 amide bonds. The summed E-state index contributed by atoms with van der Waals surface area (Å²) in [5.74, 6) is -0.908. The fourth-order valence-electron chi connectivity index (χ4n) is 3.74. The number of halogens is 3. The Morgan fingerprint density at radius 3 is 2.48 bits per heavy atom. The van der Waals surface area contributed by atoms with E-state index in [4.69, 9.17) is 0 Å². The quantitative estimate of drug-likeness (QED) is 0.769. The lowest BCUT2D eigenvalue weighted by molar-refractivity contribution is -0.138. The van der Waals surface area contributed by atoms with Gasteiger partial charge in [-0.3, -0.25) is 9.59 Å². The molecule has 2 aromatic rings. The summed E-state index contributed by atoms with van der Waals surface area (Å²) < 4.78 is 39.4. The van der Waals surface area contributed by atoms with Crippen LogP contribution in [0.15, 0.2) is 48.5 Å². The van der Waals surface area contributed by atoms with Crippen molar-refractivity contribution in [1.29, 1.82) is 0 Å². The fourth-order valence-corrected chi connectivity index (χ4v) is 3.74. The smallest absolute Gasteiger partial charge is 0.376 e. The highest BCUT2D eigenvalue weighted by atomic mass is 19.4. The maximum Gasteiger partial charge on any atom is 0.416 e. The van der Waals surface area contributed by atoms with Crippen LogP contribution < -0.4 is 10.2 Å². The highest BCUT2D eigenvalue weighted by molar-refractivity contribution is 5.96. The molecule has 31 heavy (non-hydrogen) atoms. The minimum Gasteiger partial charge on any atom is -0.376 e. The topological polar surface area (TPSA) is 52.7 Å². The minimum atomic E-state index is -4.50. The Labute approximate surface area is 179 Å². The third-order valence-corrected chi connectivity index (χ3v) is 5.41. The molecular formula is C23H26F3N3O2. The lowest BCUT2D eigenvalue weighted by Gasteiger charge is -2.32. The highest BCUT2D eigenvalue weighted by Crippen LogP contribution is 2.35. The van der Waals surface area contributed by atoms with E-state index in [1.165, 1.54) is 6.07 Å². The van der Waals surface area contributed by atoms with E-state index >= 15 is 0 Å². The molecule has 1 saturated heterocycles. The van der Waals surface area contributed by atoms with Gasteiger partial charge in [-0.05, 0) is 36.6 Å². The Morgan fingerprint density at radius 1 is 1.13 bits per heavy atom. The van der Waals surface area contributed by atoms with Gasteiger partial charge in [0.15, 0.2) is 0 Å². The molecule has 8 heteroatoms. The van der Waals surface area contributed by atoms with Crippen molar-refractivity contribution < 1.29 is 22.8 Å². The van der Waals surface area contributed by atoms with Gasteiger partial charge in [0.05, 0.1) is 29.3 Å². The van der Waals surface area contributed by atoms with E-state index in [2.05, 4.69) is 5.32 Å². The normalized spacial score (nSPS) is 16.7. The molecule has 3 rings (SSSR count). The van der Waals surface area contributed by atoms with E-state index in [1.807, 2.05) is 30.3 Å². The molecule has 1 atom stereocenters. The Bertz CT molecular complexity index is 929. The summed E-state index contributed by atoms with van der Waals surface area (Å²) in [6.45, 7) is 0.829. The van der Waals surface area contributed by atoms with Crippen molar-refractivity contribution in [1.82, 2.24) is 4.90 Å². The number of benzene rings is 2. The highest BCUT2D eigenvalue weighted by Gasteiger charge is 2.32. The first-order valence-electron chi connectivity index (χ1n) is 10.2. The van der Waals surface area contributed by atoms with Gasteiger partial charge in [0.1, 0.15) is 0 Å². The maximum atomic E-state index is 13.1. The first-order valence-corrected chi connectivity index (χ1v) is 10.2. The van der Waals surface area contributed by atoms with Crippen LogP contribution in [0.3, 0.4) is 0 Å². The number of piperidine rings is 1. The third kappa shape index (κ3) is 5.77. The number of rotatable bonds is 5. The van der Waals surface area contributed by atoms with Gasteiger partial charge in [0, 0.05) is 27.2 Å². The van der Waals surface area contributed by atoms with Gasteiger partial charge in [-0.15, -0.1) is 0 Å². The van der Waals surface area contributed by atoms with Gasteiger partial charge < -0.3 is 15.1 Å². The summed E-state index contributed by atoms with van der Waals surface area (Å²) in [6.07, 6.45) is -3.00. The zero-order chi connectivity index (χ0) is 22.6. The van der Waals surface area contributed by atoms with Crippen LogP contribution >= 0.6 is 0 Å². The van der Waals surface area contributed by atoms with Crippen LogP contribution in [0.2, 0.25) is 0 Å². The maximum absolute atomic E-state index is 13.1. The van der Waals surface area contributed by atoms with Crippen molar-refractivity contribution in [3.63, 3.8) is 0 Å². The SMILES string of the molecule is CN(C)c1ccc(C(F)(F)F)cc1NC(=O)C1CCCN(C(=O)Cc2ccccc2)C1. The van der Waals surface area contributed by atoms with Crippen LogP contribution in [0.25, 0.3) is 0 Å². The monoisotopic (exact) mass is 433 g/mol. The van der Waals surface area contributed by atoms with Gasteiger partial charge in [-0.25, -0.2) is 0 Å². The molecule has 0 spiro atoms. The summed E-state index contributed by atoms with van der Waals surface area (Å²) in [5, 5.41) is 2.66. The van der Waals surface area contributed by atoms with E-state index in [0.29, 0.717) is 25.1 Å². The average Bonchev–Trinajstić information content (AvgIpc) is 2.73. The summed E-state index contributed by atoms with van der Waals surface area (Å²) in [7, 11) is 3.39. The van der Waals surface area contributed by atoms with Crippen molar-refractivity contribution in [2.45, 2.75) is 25.4 Å². The van der Waals surface area contributed by atoms with Crippen molar-refractivity contribution in [2.24, 2.45) is 5.92 Å². The van der Waals surface area contributed by atoms with Crippen molar-refractivity contribution in [2.75, 3.05) is 37.4 Å². The number of anilines is 2. The molecule has 2 aromatic carbocycles. The number of hydrogen-bond donors (Lipinski definition) is 1. The Hall–Kier alpha value is -3.03. The summed E-state index contributed by atoms with van der Waals surface area (Å²) in [6, 6.07) is 12.7. The number of likely N-dealkylation sites (tertiary alicyclic amines) is 1. The molecule has 1 aliphatic heterocycles.